The number of nitrogens with zero attached hydrogens (tertiary/aromatic N) is 3. The summed E-state index contributed by atoms with van der Waals surface area (Å²) in [6, 6.07) is 17.1. The SMILES string of the molecule is CCCCCCCCOc1ccc(-c2cn3nc(-c4ccc(CCCCC)cc4)sc3n2)cc1. The Kier molecular flexibility index (Phi) is 9.14. The lowest BCUT2D eigenvalue weighted by atomic mass is 10.1. The zero-order chi connectivity index (χ0) is 23.6. The van der Waals surface area contributed by atoms with Crippen LogP contribution in [-0.4, -0.2) is 21.2 Å². The Bertz CT molecular complexity index is 1100. The van der Waals surface area contributed by atoms with Crippen molar-refractivity contribution >= 4 is 16.3 Å². The molecule has 0 aliphatic heterocycles. The van der Waals surface area contributed by atoms with Crippen LogP contribution in [0.4, 0.5) is 0 Å². The lowest BCUT2D eigenvalue weighted by Gasteiger charge is -2.06. The Hall–Kier alpha value is -2.66. The van der Waals surface area contributed by atoms with Crippen LogP contribution in [0.1, 0.15) is 77.2 Å². The molecule has 0 radical (unpaired) electrons. The van der Waals surface area contributed by atoms with Gasteiger partial charge in [0.1, 0.15) is 10.8 Å². The van der Waals surface area contributed by atoms with Gasteiger partial charge in [0.25, 0.3) is 0 Å². The minimum atomic E-state index is 0.790. The lowest BCUT2D eigenvalue weighted by molar-refractivity contribution is 0.304. The van der Waals surface area contributed by atoms with Gasteiger partial charge in [-0.25, -0.2) is 9.50 Å². The van der Waals surface area contributed by atoms with Gasteiger partial charge in [-0.2, -0.15) is 5.10 Å². The first-order valence-corrected chi connectivity index (χ1v) is 13.8. The summed E-state index contributed by atoms with van der Waals surface area (Å²) in [5.74, 6) is 0.928. The molecule has 4 aromatic rings. The summed E-state index contributed by atoms with van der Waals surface area (Å²) in [6.07, 6.45) is 14.7. The Labute approximate surface area is 208 Å². The quantitative estimate of drug-likeness (QED) is 0.171. The van der Waals surface area contributed by atoms with E-state index in [0.29, 0.717) is 0 Å². The zero-order valence-corrected chi connectivity index (χ0v) is 21.4. The zero-order valence-electron chi connectivity index (χ0n) is 20.6. The molecule has 180 valence electrons. The number of benzene rings is 2. The summed E-state index contributed by atoms with van der Waals surface area (Å²) in [5.41, 5.74) is 4.59. The summed E-state index contributed by atoms with van der Waals surface area (Å²) >= 11 is 1.63. The Morgan fingerprint density at radius 3 is 2.18 bits per heavy atom. The Balaban J connectivity index is 1.32. The lowest BCUT2D eigenvalue weighted by Crippen LogP contribution is -1.97. The van der Waals surface area contributed by atoms with Gasteiger partial charge in [-0.3, -0.25) is 0 Å². The van der Waals surface area contributed by atoms with E-state index in [2.05, 4.69) is 50.2 Å². The van der Waals surface area contributed by atoms with Crippen LogP contribution in [0.3, 0.4) is 0 Å². The summed E-state index contributed by atoms with van der Waals surface area (Å²) in [4.78, 5) is 5.73. The molecular formula is C29H37N3OS. The van der Waals surface area contributed by atoms with Crippen LogP contribution in [0.5, 0.6) is 5.75 Å². The number of aromatic nitrogens is 3. The van der Waals surface area contributed by atoms with Crippen LogP contribution in [0.25, 0.3) is 26.8 Å². The molecule has 34 heavy (non-hydrogen) atoms. The van der Waals surface area contributed by atoms with E-state index in [1.165, 1.54) is 56.9 Å². The molecule has 4 rings (SSSR count). The maximum Gasteiger partial charge on any atom is 0.213 e. The molecule has 0 fully saturated rings. The third-order valence-electron chi connectivity index (χ3n) is 6.23. The molecule has 0 amide bonds. The van der Waals surface area contributed by atoms with Crippen LogP contribution >= 0.6 is 11.3 Å². The first kappa shape index (κ1) is 24.5. The first-order chi connectivity index (χ1) is 16.8. The molecule has 0 spiro atoms. The fourth-order valence-corrected chi connectivity index (χ4v) is 5.03. The highest BCUT2D eigenvalue weighted by atomic mass is 32.1. The van der Waals surface area contributed by atoms with Crippen molar-refractivity contribution in [3.8, 4) is 27.6 Å². The number of hydrogen-bond donors (Lipinski definition) is 0. The van der Waals surface area contributed by atoms with Crippen LogP contribution in [0.2, 0.25) is 0 Å². The van der Waals surface area contributed by atoms with E-state index in [4.69, 9.17) is 14.8 Å². The maximum atomic E-state index is 5.91. The largest absolute Gasteiger partial charge is 0.494 e. The summed E-state index contributed by atoms with van der Waals surface area (Å²) in [5, 5.41) is 5.78. The average molecular weight is 476 g/mol. The highest BCUT2D eigenvalue weighted by Gasteiger charge is 2.11. The third-order valence-corrected chi connectivity index (χ3v) is 7.20. The summed E-state index contributed by atoms with van der Waals surface area (Å²) in [6.45, 7) is 5.29. The number of unbranched alkanes of at least 4 members (excludes halogenated alkanes) is 7. The molecule has 5 heteroatoms. The number of hydrogen-bond acceptors (Lipinski definition) is 4. The van der Waals surface area contributed by atoms with Crippen LogP contribution in [0.15, 0.2) is 54.7 Å². The van der Waals surface area contributed by atoms with Crippen molar-refractivity contribution in [1.29, 1.82) is 0 Å². The van der Waals surface area contributed by atoms with E-state index < -0.39 is 0 Å². The first-order valence-electron chi connectivity index (χ1n) is 13.0. The minimum absolute atomic E-state index is 0.790. The molecule has 0 atom stereocenters. The predicted octanol–water partition coefficient (Wildman–Crippen LogP) is 8.60. The molecule has 4 nitrogen and oxygen atoms in total. The third kappa shape index (κ3) is 6.69. The fourth-order valence-electron chi connectivity index (χ4n) is 4.14. The molecule has 2 heterocycles. The summed E-state index contributed by atoms with van der Waals surface area (Å²) < 4.78 is 7.81. The van der Waals surface area contributed by atoms with Gasteiger partial charge in [-0.05, 0) is 49.1 Å². The van der Waals surface area contributed by atoms with E-state index in [1.54, 1.807) is 11.3 Å². The molecule has 0 saturated heterocycles. The normalized spacial score (nSPS) is 11.4. The van der Waals surface area contributed by atoms with Gasteiger partial charge >= 0.3 is 0 Å². The van der Waals surface area contributed by atoms with Crippen molar-refractivity contribution < 1.29 is 4.74 Å². The predicted molar refractivity (Wildman–Crippen MR) is 144 cm³/mol. The van der Waals surface area contributed by atoms with E-state index in [1.807, 2.05) is 22.8 Å². The van der Waals surface area contributed by atoms with E-state index in [9.17, 15) is 0 Å². The smallest absolute Gasteiger partial charge is 0.213 e. The molecule has 0 unspecified atom stereocenters. The number of imidazole rings is 1. The molecule has 0 bridgehead atoms. The second-order valence-electron chi connectivity index (χ2n) is 9.06. The van der Waals surface area contributed by atoms with Crippen LogP contribution < -0.4 is 4.74 Å². The van der Waals surface area contributed by atoms with E-state index in [0.717, 1.165) is 52.0 Å². The minimum Gasteiger partial charge on any atom is -0.494 e. The highest BCUT2D eigenvalue weighted by molar-refractivity contribution is 7.19. The van der Waals surface area contributed by atoms with Gasteiger partial charge < -0.3 is 4.74 Å². The maximum absolute atomic E-state index is 5.91. The molecule has 2 aromatic heterocycles. The van der Waals surface area contributed by atoms with Crippen molar-refractivity contribution in [2.24, 2.45) is 0 Å². The molecule has 0 N–H and O–H groups in total. The van der Waals surface area contributed by atoms with Gasteiger partial charge in [0.15, 0.2) is 0 Å². The Morgan fingerprint density at radius 1 is 0.765 bits per heavy atom. The second-order valence-corrected chi connectivity index (χ2v) is 10.0. The standard InChI is InChI=1S/C29H37N3OS/c1-3-5-7-8-9-11-21-33-26-19-17-24(18-20-26)27-22-32-29(30-27)34-28(31-32)25-15-13-23(14-16-25)12-10-6-4-2/h13-20,22H,3-12,21H2,1-2H3. The van der Waals surface area contributed by atoms with Gasteiger partial charge in [0, 0.05) is 11.1 Å². The van der Waals surface area contributed by atoms with Gasteiger partial charge in [0.05, 0.1) is 18.5 Å². The second kappa shape index (κ2) is 12.7. The molecular weight excluding hydrogens is 438 g/mol. The van der Waals surface area contributed by atoms with Crippen LogP contribution in [0, 0.1) is 0 Å². The van der Waals surface area contributed by atoms with Crippen molar-refractivity contribution in [2.75, 3.05) is 6.61 Å². The van der Waals surface area contributed by atoms with Gasteiger partial charge in [-0.1, -0.05) is 94.4 Å². The number of ether oxygens (including phenoxy) is 1. The average Bonchev–Trinajstić information content (AvgIpc) is 3.44. The van der Waals surface area contributed by atoms with Crippen molar-refractivity contribution in [3.05, 3.63) is 60.3 Å². The van der Waals surface area contributed by atoms with Crippen molar-refractivity contribution in [1.82, 2.24) is 14.6 Å². The van der Waals surface area contributed by atoms with Gasteiger partial charge in [-0.15, -0.1) is 0 Å². The van der Waals surface area contributed by atoms with Gasteiger partial charge in [0.2, 0.25) is 4.96 Å². The Morgan fingerprint density at radius 2 is 1.44 bits per heavy atom. The topological polar surface area (TPSA) is 39.4 Å². The highest BCUT2D eigenvalue weighted by Crippen LogP contribution is 2.29. The molecule has 0 aliphatic carbocycles. The van der Waals surface area contributed by atoms with Crippen LogP contribution in [-0.2, 0) is 6.42 Å². The number of fused-ring (bicyclic) bond motifs is 1. The monoisotopic (exact) mass is 475 g/mol. The summed E-state index contributed by atoms with van der Waals surface area (Å²) in [7, 11) is 0. The molecule has 0 aliphatic rings. The fraction of sp³-hybridized carbons (Fsp3) is 0.448. The number of aryl methyl sites for hydroxylation is 1. The van der Waals surface area contributed by atoms with Crippen molar-refractivity contribution in [2.45, 2.75) is 78.1 Å². The number of rotatable bonds is 14. The van der Waals surface area contributed by atoms with Crippen molar-refractivity contribution in [3.63, 3.8) is 0 Å². The van der Waals surface area contributed by atoms with E-state index in [-0.39, 0.29) is 0 Å². The molecule has 0 saturated carbocycles. The van der Waals surface area contributed by atoms with E-state index >= 15 is 0 Å². The molecule has 2 aromatic carbocycles.